The molecule has 2 rings (SSSR count). The average Bonchev–Trinajstić information content (AvgIpc) is 2.78. The van der Waals surface area contributed by atoms with Crippen LogP contribution in [-0.2, 0) is 25.5 Å². The molecule has 0 aromatic heterocycles. The summed E-state index contributed by atoms with van der Waals surface area (Å²) >= 11 is 0. The van der Waals surface area contributed by atoms with Crippen molar-refractivity contribution in [2.75, 3.05) is 19.8 Å². The van der Waals surface area contributed by atoms with Crippen molar-refractivity contribution >= 4 is 25.2 Å². The van der Waals surface area contributed by atoms with E-state index in [0.717, 1.165) is 17.7 Å². The molecule has 0 unspecified atom stereocenters. The molecule has 0 bridgehead atoms. The van der Waals surface area contributed by atoms with Gasteiger partial charge in [0.25, 0.3) is 0 Å². The smallest absolute Gasteiger partial charge is 0.320 e. The van der Waals surface area contributed by atoms with E-state index < -0.39 is 25.9 Å². The molecule has 2 aromatic rings. The number of carbonyl (C=O) groups excluding carboxylic acids is 2. The molecule has 0 aliphatic carbocycles. The molecule has 5 nitrogen and oxygen atoms in total. The Kier molecular flexibility index (Phi) is 10.6. The Labute approximate surface area is 199 Å². The highest BCUT2D eigenvalue weighted by atomic mass is 28.3. The molecule has 0 radical (unpaired) electrons. The molecule has 33 heavy (non-hydrogen) atoms. The monoisotopic (exact) mass is 470 g/mol. The minimum absolute atomic E-state index is 0.242. The van der Waals surface area contributed by atoms with Gasteiger partial charge in [0, 0.05) is 0 Å². The van der Waals surface area contributed by atoms with Crippen molar-refractivity contribution in [2.24, 2.45) is 5.92 Å². The first-order valence-corrected chi connectivity index (χ1v) is 15.1. The quantitative estimate of drug-likeness (QED) is 0.177. The molecular weight excluding hydrogens is 432 g/mol. The van der Waals surface area contributed by atoms with Gasteiger partial charge in [0.15, 0.2) is 5.92 Å². The standard InChI is InChI=1S/C27H38O5Si/c1-6-30-26(28)25(27(29)31-7-2)18-13-22-11-14-23(15-12-22)32-19-8-20-33(4,5)24-16-9-21(3)10-17-24/h9-12,14-17,25H,6-8,13,18-20H2,1-5H3. The van der Waals surface area contributed by atoms with Crippen molar-refractivity contribution < 1.29 is 23.8 Å². The SMILES string of the molecule is CCOC(=O)C(CCc1ccc(OCCC[Si](C)(C)c2ccc(C)cc2)cc1)C(=O)OCC. The maximum absolute atomic E-state index is 12.1. The Hall–Kier alpha value is -2.60. The Morgan fingerprint density at radius 3 is 2.00 bits per heavy atom. The van der Waals surface area contributed by atoms with Gasteiger partial charge in [0.1, 0.15) is 5.75 Å². The maximum Gasteiger partial charge on any atom is 0.320 e. The zero-order chi connectivity index (χ0) is 24.3. The van der Waals surface area contributed by atoms with Crippen LogP contribution in [0, 0.1) is 12.8 Å². The van der Waals surface area contributed by atoms with E-state index in [0.29, 0.717) is 19.4 Å². The minimum atomic E-state index is -1.46. The molecule has 0 atom stereocenters. The van der Waals surface area contributed by atoms with Crippen molar-refractivity contribution in [1.29, 1.82) is 0 Å². The van der Waals surface area contributed by atoms with Gasteiger partial charge in [-0.3, -0.25) is 9.59 Å². The minimum Gasteiger partial charge on any atom is -0.494 e. The molecule has 0 amide bonds. The summed E-state index contributed by atoms with van der Waals surface area (Å²) in [7, 11) is -1.46. The number of carbonyl (C=O) groups is 2. The molecule has 0 heterocycles. The van der Waals surface area contributed by atoms with Crippen LogP contribution in [0.3, 0.4) is 0 Å². The zero-order valence-electron chi connectivity index (χ0n) is 20.7. The predicted octanol–water partition coefficient (Wildman–Crippen LogP) is 5.05. The largest absolute Gasteiger partial charge is 0.494 e. The number of rotatable bonds is 13. The van der Waals surface area contributed by atoms with Crippen LogP contribution >= 0.6 is 0 Å². The molecule has 0 N–H and O–H groups in total. The number of ether oxygens (including phenoxy) is 3. The van der Waals surface area contributed by atoms with Gasteiger partial charge in [-0.15, -0.1) is 0 Å². The molecule has 0 aliphatic heterocycles. The van der Waals surface area contributed by atoms with E-state index >= 15 is 0 Å². The first kappa shape index (κ1) is 26.6. The van der Waals surface area contributed by atoms with Gasteiger partial charge in [-0.25, -0.2) is 0 Å². The fraction of sp³-hybridized carbons (Fsp3) is 0.481. The number of esters is 2. The third kappa shape index (κ3) is 8.69. The van der Waals surface area contributed by atoms with E-state index in [-0.39, 0.29) is 13.2 Å². The number of hydrogen-bond acceptors (Lipinski definition) is 5. The van der Waals surface area contributed by atoms with E-state index in [1.807, 2.05) is 24.3 Å². The lowest BCUT2D eigenvalue weighted by atomic mass is 9.99. The van der Waals surface area contributed by atoms with Crippen LogP contribution in [0.15, 0.2) is 48.5 Å². The van der Waals surface area contributed by atoms with Gasteiger partial charge >= 0.3 is 11.9 Å². The highest BCUT2D eigenvalue weighted by Gasteiger charge is 2.29. The summed E-state index contributed by atoms with van der Waals surface area (Å²) in [5, 5.41) is 1.49. The molecule has 0 saturated heterocycles. The molecule has 0 fully saturated rings. The second kappa shape index (κ2) is 13.2. The molecule has 0 aliphatic rings. The van der Waals surface area contributed by atoms with Crippen LogP contribution in [-0.4, -0.2) is 39.8 Å². The van der Waals surface area contributed by atoms with E-state index in [9.17, 15) is 9.59 Å². The Morgan fingerprint density at radius 1 is 0.879 bits per heavy atom. The van der Waals surface area contributed by atoms with Crippen molar-refractivity contribution in [2.45, 2.75) is 59.2 Å². The van der Waals surface area contributed by atoms with Gasteiger partial charge in [-0.2, -0.15) is 0 Å². The summed E-state index contributed by atoms with van der Waals surface area (Å²) in [4.78, 5) is 24.2. The molecular formula is C27H38O5Si. The summed E-state index contributed by atoms with van der Waals surface area (Å²) in [5.41, 5.74) is 2.33. The van der Waals surface area contributed by atoms with E-state index in [4.69, 9.17) is 14.2 Å². The lowest BCUT2D eigenvalue weighted by Gasteiger charge is -2.23. The second-order valence-corrected chi connectivity index (χ2v) is 13.8. The Balaban J connectivity index is 1.81. The van der Waals surface area contributed by atoms with Crippen LogP contribution < -0.4 is 9.92 Å². The molecule has 180 valence electrons. The zero-order valence-corrected chi connectivity index (χ0v) is 21.7. The van der Waals surface area contributed by atoms with E-state index in [2.05, 4.69) is 44.3 Å². The van der Waals surface area contributed by atoms with Crippen LogP contribution in [0.4, 0.5) is 0 Å². The van der Waals surface area contributed by atoms with Gasteiger partial charge in [0.2, 0.25) is 0 Å². The van der Waals surface area contributed by atoms with Crippen molar-refractivity contribution in [3.63, 3.8) is 0 Å². The fourth-order valence-electron chi connectivity index (χ4n) is 3.73. The summed E-state index contributed by atoms with van der Waals surface area (Å²) in [6.45, 7) is 11.6. The Morgan fingerprint density at radius 2 is 1.45 bits per heavy atom. The first-order chi connectivity index (χ1) is 15.8. The summed E-state index contributed by atoms with van der Waals surface area (Å²) < 4.78 is 16.0. The van der Waals surface area contributed by atoms with Crippen LogP contribution in [0.25, 0.3) is 0 Å². The maximum atomic E-state index is 12.1. The van der Waals surface area contributed by atoms with Gasteiger partial charge in [-0.1, -0.05) is 66.3 Å². The van der Waals surface area contributed by atoms with Crippen molar-refractivity contribution in [1.82, 2.24) is 0 Å². The fourth-order valence-corrected chi connectivity index (χ4v) is 6.12. The molecule has 0 saturated carbocycles. The van der Waals surface area contributed by atoms with Crippen molar-refractivity contribution in [3.05, 3.63) is 59.7 Å². The molecule has 2 aromatic carbocycles. The van der Waals surface area contributed by atoms with Gasteiger partial charge in [0.05, 0.1) is 27.9 Å². The number of hydrogen-bond donors (Lipinski definition) is 0. The predicted molar refractivity (Wildman–Crippen MR) is 135 cm³/mol. The third-order valence-electron chi connectivity index (χ3n) is 5.84. The lowest BCUT2D eigenvalue weighted by molar-refractivity contribution is -0.161. The normalized spacial score (nSPS) is 11.3. The van der Waals surface area contributed by atoms with Crippen LogP contribution in [0.1, 0.15) is 37.8 Å². The first-order valence-electron chi connectivity index (χ1n) is 11.9. The topological polar surface area (TPSA) is 61.8 Å². The van der Waals surface area contributed by atoms with Gasteiger partial charge in [-0.05, 0) is 57.7 Å². The average molecular weight is 471 g/mol. The van der Waals surface area contributed by atoms with Crippen LogP contribution in [0.5, 0.6) is 5.75 Å². The molecule has 6 heteroatoms. The lowest BCUT2D eigenvalue weighted by Crippen LogP contribution is -2.41. The summed E-state index contributed by atoms with van der Waals surface area (Å²) in [5.74, 6) is -1.09. The highest BCUT2D eigenvalue weighted by Crippen LogP contribution is 2.19. The highest BCUT2D eigenvalue weighted by molar-refractivity contribution is 6.89. The van der Waals surface area contributed by atoms with E-state index in [1.165, 1.54) is 16.8 Å². The van der Waals surface area contributed by atoms with Gasteiger partial charge < -0.3 is 14.2 Å². The Bertz CT molecular complexity index is 856. The number of benzene rings is 2. The van der Waals surface area contributed by atoms with E-state index in [1.54, 1.807) is 13.8 Å². The molecule has 0 spiro atoms. The summed E-state index contributed by atoms with van der Waals surface area (Å²) in [6, 6.07) is 18.0. The number of aryl methyl sites for hydroxylation is 2. The second-order valence-electron chi connectivity index (χ2n) is 8.94. The third-order valence-corrected chi connectivity index (χ3v) is 9.33. The van der Waals surface area contributed by atoms with Crippen molar-refractivity contribution in [3.8, 4) is 5.75 Å². The van der Waals surface area contributed by atoms with Crippen LogP contribution in [0.2, 0.25) is 19.1 Å². The summed E-state index contributed by atoms with van der Waals surface area (Å²) in [6.07, 6.45) is 1.96.